The molecule has 0 aliphatic carbocycles. The van der Waals surface area contributed by atoms with Gasteiger partial charge in [0.05, 0.1) is 6.20 Å². The molecule has 0 saturated carbocycles. The first-order chi connectivity index (χ1) is 8.22. The lowest BCUT2D eigenvalue weighted by molar-refractivity contribution is 0.383. The summed E-state index contributed by atoms with van der Waals surface area (Å²) in [5, 5.41) is 4.23. The van der Waals surface area contributed by atoms with Crippen LogP contribution in [0, 0.1) is 5.41 Å². The molecule has 3 heterocycles. The van der Waals surface area contributed by atoms with Gasteiger partial charge in [-0.15, -0.1) is 0 Å². The van der Waals surface area contributed by atoms with Crippen molar-refractivity contribution in [3.05, 3.63) is 24.7 Å². The molecule has 0 aromatic carbocycles. The predicted octanol–water partition coefficient (Wildman–Crippen LogP) is 0.904. The molecule has 2 N–H and O–H groups in total. The lowest BCUT2D eigenvalue weighted by atomic mass is 9.90. The monoisotopic (exact) mass is 231 g/mol. The van der Waals surface area contributed by atoms with Crippen LogP contribution in [0.15, 0.2) is 24.7 Å². The van der Waals surface area contributed by atoms with E-state index in [4.69, 9.17) is 5.73 Å². The zero-order chi connectivity index (χ0) is 11.9. The Kier molecular flexibility index (Phi) is 2.29. The summed E-state index contributed by atoms with van der Waals surface area (Å²) in [7, 11) is 0. The third-order valence-corrected chi connectivity index (χ3v) is 3.65. The number of nitrogens with zero attached hydrogens (tertiary/aromatic N) is 4. The van der Waals surface area contributed by atoms with E-state index >= 15 is 0 Å². The normalized spacial score (nSPS) is 24.7. The molecule has 0 amide bonds. The van der Waals surface area contributed by atoms with Gasteiger partial charge in [0.1, 0.15) is 5.52 Å². The fourth-order valence-corrected chi connectivity index (χ4v) is 2.46. The second kappa shape index (κ2) is 3.70. The van der Waals surface area contributed by atoms with Crippen LogP contribution in [0.1, 0.15) is 13.3 Å². The van der Waals surface area contributed by atoms with Gasteiger partial charge in [-0.05, 0) is 24.4 Å². The Balaban J connectivity index is 1.98. The van der Waals surface area contributed by atoms with Crippen molar-refractivity contribution in [2.75, 3.05) is 24.5 Å². The van der Waals surface area contributed by atoms with Crippen LogP contribution in [0.4, 0.5) is 5.82 Å². The van der Waals surface area contributed by atoms with Crippen molar-refractivity contribution in [3.8, 4) is 0 Å². The molecule has 0 spiro atoms. The molecule has 2 aromatic heterocycles. The fourth-order valence-electron chi connectivity index (χ4n) is 2.46. The first-order valence-electron chi connectivity index (χ1n) is 5.95. The van der Waals surface area contributed by atoms with Crippen LogP contribution in [0.5, 0.6) is 0 Å². The summed E-state index contributed by atoms with van der Waals surface area (Å²) < 4.78 is 1.86. The molecule has 0 bridgehead atoms. The Morgan fingerprint density at radius 3 is 3.12 bits per heavy atom. The molecule has 90 valence electrons. The fraction of sp³-hybridized carbons (Fsp3) is 0.500. The average molecular weight is 231 g/mol. The minimum Gasteiger partial charge on any atom is -0.354 e. The van der Waals surface area contributed by atoms with E-state index in [1.807, 2.05) is 16.8 Å². The molecule has 2 aromatic rings. The topological polar surface area (TPSA) is 59.5 Å². The molecule has 3 rings (SSSR count). The van der Waals surface area contributed by atoms with Crippen LogP contribution in [0.2, 0.25) is 0 Å². The highest BCUT2D eigenvalue weighted by molar-refractivity contribution is 5.68. The van der Waals surface area contributed by atoms with E-state index < -0.39 is 0 Å². The van der Waals surface area contributed by atoms with Gasteiger partial charge in [-0.2, -0.15) is 5.10 Å². The first kappa shape index (κ1) is 10.5. The van der Waals surface area contributed by atoms with Crippen molar-refractivity contribution >= 4 is 11.3 Å². The van der Waals surface area contributed by atoms with E-state index in [1.54, 1.807) is 12.4 Å². The van der Waals surface area contributed by atoms with Crippen molar-refractivity contribution < 1.29 is 0 Å². The van der Waals surface area contributed by atoms with Crippen molar-refractivity contribution in [1.29, 1.82) is 0 Å². The molecule has 1 aliphatic rings. The van der Waals surface area contributed by atoms with Gasteiger partial charge in [0.15, 0.2) is 5.82 Å². The second-order valence-electron chi connectivity index (χ2n) is 5.10. The summed E-state index contributed by atoms with van der Waals surface area (Å²) >= 11 is 0. The van der Waals surface area contributed by atoms with Gasteiger partial charge in [-0.1, -0.05) is 6.92 Å². The highest BCUT2D eigenvalue weighted by Gasteiger charge is 2.33. The molecule has 17 heavy (non-hydrogen) atoms. The van der Waals surface area contributed by atoms with Crippen LogP contribution in [0.3, 0.4) is 0 Å². The van der Waals surface area contributed by atoms with Crippen LogP contribution in [0.25, 0.3) is 5.52 Å². The minimum atomic E-state index is 0.217. The van der Waals surface area contributed by atoms with E-state index in [0.717, 1.165) is 37.4 Å². The molecule has 5 heteroatoms. The number of aromatic nitrogens is 3. The third kappa shape index (κ3) is 1.67. The van der Waals surface area contributed by atoms with Gasteiger partial charge in [-0.3, -0.25) is 0 Å². The number of hydrogen-bond acceptors (Lipinski definition) is 4. The first-order valence-corrected chi connectivity index (χ1v) is 5.95. The van der Waals surface area contributed by atoms with Crippen molar-refractivity contribution in [3.63, 3.8) is 0 Å². The van der Waals surface area contributed by atoms with Gasteiger partial charge in [-0.25, -0.2) is 9.50 Å². The zero-order valence-corrected chi connectivity index (χ0v) is 10.0. The smallest absolute Gasteiger partial charge is 0.154 e. The number of hydrogen-bond donors (Lipinski definition) is 1. The number of fused-ring (bicyclic) bond motifs is 1. The maximum atomic E-state index is 5.84. The predicted molar refractivity (Wildman–Crippen MR) is 67.0 cm³/mol. The molecule has 1 saturated heterocycles. The molecule has 1 atom stereocenters. The molecular weight excluding hydrogens is 214 g/mol. The summed E-state index contributed by atoms with van der Waals surface area (Å²) in [6, 6.07) is 2.00. The van der Waals surface area contributed by atoms with Crippen molar-refractivity contribution in [2.45, 2.75) is 13.3 Å². The van der Waals surface area contributed by atoms with E-state index in [-0.39, 0.29) is 5.41 Å². The van der Waals surface area contributed by atoms with E-state index in [1.165, 1.54) is 0 Å². The second-order valence-corrected chi connectivity index (χ2v) is 5.10. The zero-order valence-electron chi connectivity index (χ0n) is 10.0. The number of rotatable bonds is 2. The summed E-state index contributed by atoms with van der Waals surface area (Å²) in [6.07, 6.45) is 6.60. The van der Waals surface area contributed by atoms with Crippen molar-refractivity contribution in [1.82, 2.24) is 14.6 Å². The lowest BCUT2D eigenvalue weighted by Gasteiger charge is -2.23. The Morgan fingerprint density at radius 2 is 2.35 bits per heavy atom. The Hall–Kier alpha value is -1.62. The van der Waals surface area contributed by atoms with Gasteiger partial charge in [0.2, 0.25) is 0 Å². The van der Waals surface area contributed by atoms with Crippen molar-refractivity contribution in [2.24, 2.45) is 11.1 Å². The Morgan fingerprint density at radius 1 is 1.47 bits per heavy atom. The SMILES string of the molecule is CC1(CN)CCN(c2nccn3nccc23)C1. The van der Waals surface area contributed by atoms with Crippen LogP contribution >= 0.6 is 0 Å². The molecule has 1 fully saturated rings. The standard InChI is InChI=1S/C12H17N5/c1-12(8-13)3-6-16(9-12)11-10-2-4-15-17(10)7-5-14-11/h2,4-5,7H,3,6,8-9,13H2,1H3. The van der Waals surface area contributed by atoms with E-state index in [0.29, 0.717) is 0 Å². The Labute approximate surface area is 100 Å². The Bertz CT molecular complexity index is 534. The number of anilines is 1. The van der Waals surface area contributed by atoms with Gasteiger partial charge in [0.25, 0.3) is 0 Å². The largest absolute Gasteiger partial charge is 0.354 e. The molecule has 1 aliphatic heterocycles. The third-order valence-electron chi connectivity index (χ3n) is 3.65. The molecule has 0 radical (unpaired) electrons. The summed E-state index contributed by atoms with van der Waals surface area (Å²) in [4.78, 5) is 6.79. The maximum Gasteiger partial charge on any atom is 0.154 e. The van der Waals surface area contributed by atoms with Crippen LogP contribution in [-0.2, 0) is 0 Å². The maximum absolute atomic E-state index is 5.84. The lowest BCUT2D eigenvalue weighted by Crippen LogP contribution is -2.31. The van der Waals surface area contributed by atoms with Crippen LogP contribution in [-0.4, -0.2) is 34.2 Å². The molecule has 1 unspecified atom stereocenters. The molecular formula is C12H17N5. The highest BCUT2D eigenvalue weighted by atomic mass is 15.3. The van der Waals surface area contributed by atoms with Gasteiger partial charge in [0, 0.05) is 25.5 Å². The van der Waals surface area contributed by atoms with Gasteiger partial charge >= 0.3 is 0 Å². The molecule has 5 nitrogen and oxygen atoms in total. The summed E-state index contributed by atoms with van der Waals surface area (Å²) in [5.74, 6) is 1.02. The minimum absolute atomic E-state index is 0.217. The van der Waals surface area contributed by atoms with E-state index in [2.05, 4.69) is 21.9 Å². The summed E-state index contributed by atoms with van der Waals surface area (Å²) in [6.45, 7) is 4.96. The van der Waals surface area contributed by atoms with E-state index in [9.17, 15) is 0 Å². The van der Waals surface area contributed by atoms with Gasteiger partial charge < -0.3 is 10.6 Å². The average Bonchev–Trinajstić information content (AvgIpc) is 2.95. The van der Waals surface area contributed by atoms with Crippen LogP contribution < -0.4 is 10.6 Å². The summed E-state index contributed by atoms with van der Waals surface area (Å²) in [5.41, 5.74) is 7.12. The highest BCUT2D eigenvalue weighted by Crippen LogP contribution is 2.32. The quantitative estimate of drug-likeness (QED) is 0.834. The number of nitrogens with two attached hydrogens (primary N) is 1.